The van der Waals surface area contributed by atoms with Gasteiger partial charge in [0, 0.05) is 17.1 Å². The number of halogens is 1. The Labute approximate surface area is 179 Å². The SMILES string of the molecule is C=NCNC=CC1C=C(C(N)c2nc3c(-c4ccc(F)cc4)cccc3[nH]2)C(N)=NC1. The lowest BCUT2D eigenvalue weighted by Gasteiger charge is -2.20. The first kappa shape index (κ1) is 20.5. The summed E-state index contributed by atoms with van der Waals surface area (Å²) in [4.78, 5) is 16.2. The molecule has 2 unspecified atom stereocenters. The number of amidine groups is 1. The average Bonchev–Trinajstić information content (AvgIpc) is 3.22. The number of benzene rings is 2. The molecule has 0 bridgehead atoms. The molecule has 6 N–H and O–H groups in total. The van der Waals surface area contributed by atoms with E-state index in [9.17, 15) is 4.39 Å². The van der Waals surface area contributed by atoms with E-state index in [1.165, 1.54) is 12.1 Å². The fourth-order valence-corrected chi connectivity index (χ4v) is 3.56. The van der Waals surface area contributed by atoms with Crippen LogP contribution in [0.15, 0.2) is 76.4 Å². The molecule has 1 aromatic heterocycles. The highest BCUT2D eigenvalue weighted by Gasteiger charge is 2.23. The summed E-state index contributed by atoms with van der Waals surface area (Å²) >= 11 is 0. The summed E-state index contributed by atoms with van der Waals surface area (Å²) in [5.74, 6) is 0.786. The molecule has 0 saturated heterocycles. The monoisotopic (exact) mass is 417 g/mol. The predicted molar refractivity (Wildman–Crippen MR) is 123 cm³/mol. The minimum Gasteiger partial charge on any atom is -0.384 e. The molecule has 8 heteroatoms. The first-order chi connectivity index (χ1) is 15.1. The molecule has 3 aromatic rings. The van der Waals surface area contributed by atoms with Crippen LogP contribution < -0.4 is 16.8 Å². The number of aliphatic imine (C=N–C) groups is 2. The summed E-state index contributed by atoms with van der Waals surface area (Å²) in [6.45, 7) is 4.43. The van der Waals surface area contributed by atoms with Crippen molar-refractivity contribution in [2.24, 2.45) is 27.4 Å². The second kappa shape index (κ2) is 8.93. The van der Waals surface area contributed by atoms with Crippen molar-refractivity contribution >= 4 is 23.6 Å². The first-order valence-electron chi connectivity index (χ1n) is 9.91. The molecule has 0 amide bonds. The fraction of sp³-hybridized carbons (Fsp3) is 0.174. The van der Waals surface area contributed by atoms with E-state index in [0.29, 0.717) is 24.9 Å². The molecule has 0 aliphatic carbocycles. The molecular formula is C23H24FN7. The van der Waals surface area contributed by atoms with E-state index < -0.39 is 6.04 Å². The Morgan fingerprint density at radius 2 is 2.10 bits per heavy atom. The number of rotatable bonds is 7. The van der Waals surface area contributed by atoms with Crippen molar-refractivity contribution in [2.75, 3.05) is 13.2 Å². The van der Waals surface area contributed by atoms with E-state index in [4.69, 9.17) is 16.5 Å². The molecule has 1 aliphatic rings. The van der Waals surface area contributed by atoms with Crippen molar-refractivity contribution in [1.29, 1.82) is 0 Å². The van der Waals surface area contributed by atoms with Crippen LogP contribution in [-0.4, -0.2) is 35.7 Å². The highest BCUT2D eigenvalue weighted by molar-refractivity contribution is 5.99. The highest BCUT2D eigenvalue weighted by atomic mass is 19.1. The third-order valence-electron chi connectivity index (χ3n) is 5.14. The molecule has 0 fully saturated rings. The second-order valence-corrected chi connectivity index (χ2v) is 7.27. The minimum atomic E-state index is -0.559. The Morgan fingerprint density at radius 1 is 1.29 bits per heavy atom. The standard InChI is InChI=1S/C23H24FN7/c1-27-13-28-10-9-14-11-18(22(26)29-12-14)20(25)23-30-19-4-2-3-17(21(19)31-23)15-5-7-16(24)8-6-15/h2-11,14,20,28H,1,12-13,25H2,(H2,26,29)(H,30,31). The van der Waals surface area contributed by atoms with Crippen LogP contribution in [0.2, 0.25) is 0 Å². The number of nitrogens with zero attached hydrogens (tertiary/aromatic N) is 3. The molecule has 31 heavy (non-hydrogen) atoms. The zero-order chi connectivity index (χ0) is 21.8. The van der Waals surface area contributed by atoms with Crippen LogP contribution in [-0.2, 0) is 0 Å². The largest absolute Gasteiger partial charge is 0.384 e. The summed E-state index contributed by atoms with van der Waals surface area (Å²) in [6, 6.07) is 11.6. The number of nitrogens with one attached hydrogen (secondary N) is 2. The van der Waals surface area contributed by atoms with Gasteiger partial charge in [-0.1, -0.05) is 36.4 Å². The Hall–Kier alpha value is -3.78. The van der Waals surface area contributed by atoms with Crippen LogP contribution in [0.1, 0.15) is 11.9 Å². The lowest BCUT2D eigenvalue weighted by atomic mass is 9.96. The Bertz CT molecular complexity index is 1170. The number of H-pyrrole nitrogens is 1. The number of fused-ring (bicyclic) bond motifs is 1. The average molecular weight is 417 g/mol. The third kappa shape index (κ3) is 4.39. The van der Waals surface area contributed by atoms with Crippen LogP contribution in [0.4, 0.5) is 4.39 Å². The zero-order valence-electron chi connectivity index (χ0n) is 16.9. The molecular weight excluding hydrogens is 393 g/mol. The van der Waals surface area contributed by atoms with Gasteiger partial charge in [0.25, 0.3) is 0 Å². The normalized spacial score (nSPS) is 17.4. The van der Waals surface area contributed by atoms with Gasteiger partial charge in [0.1, 0.15) is 24.1 Å². The lowest BCUT2D eigenvalue weighted by molar-refractivity contribution is 0.628. The maximum atomic E-state index is 13.3. The van der Waals surface area contributed by atoms with Crippen LogP contribution in [0, 0.1) is 11.7 Å². The molecule has 0 radical (unpaired) electrons. The number of nitrogens with two attached hydrogens (primary N) is 2. The van der Waals surface area contributed by atoms with Gasteiger partial charge >= 0.3 is 0 Å². The molecule has 7 nitrogen and oxygen atoms in total. The van der Waals surface area contributed by atoms with Gasteiger partial charge in [-0.3, -0.25) is 9.98 Å². The number of hydrogen-bond donors (Lipinski definition) is 4. The van der Waals surface area contributed by atoms with Crippen molar-refractivity contribution in [3.8, 4) is 11.1 Å². The van der Waals surface area contributed by atoms with E-state index >= 15 is 0 Å². The Balaban J connectivity index is 1.65. The maximum absolute atomic E-state index is 13.3. The number of para-hydroxylation sites is 1. The van der Waals surface area contributed by atoms with Crippen LogP contribution in [0.3, 0.4) is 0 Å². The van der Waals surface area contributed by atoms with Gasteiger partial charge in [-0.15, -0.1) is 0 Å². The van der Waals surface area contributed by atoms with Crippen LogP contribution in [0.5, 0.6) is 0 Å². The number of imidazole rings is 1. The van der Waals surface area contributed by atoms with E-state index in [1.54, 1.807) is 12.1 Å². The van der Waals surface area contributed by atoms with Crippen molar-refractivity contribution in [3.63, 3.8) is 0 Å². The molecule has 2 aromatic carbocycles. The number of aromatic nitrogens is 2. The van der Waals surface area contributed by atoms with Crippen molar-refractivity contribution in [1.82, 2.24) is 15.3 Å². The number of dihydropyridines is 1. The van der Waals surface area contributed by atoms with E-state index in [-0.39, 0.29) is 11.7 Å². The topological polar surface area (TPSA) is 117 Å². The summed E-state index contributed by atoms with van der Waals surface area (Å²) in [5, 5.41) is 3.02. The molecule has 2 heterocycles. The Morgan fingerprint density at radius 3 is 2.87 bits per heavy atom. The minimum absolute atomic E-state index is 0.0600. The van der Waals surface area contributed by atoms with E-state index in [0.717, 1.165) is 27.7 Å². The predicted octanol–water partition coefficient (Wildman–Crippen LogP) is 3.04. The van der Waals surface area contributed by atoms with Crippen molar-refractivity contribution < 1.29 is 4.39 Å². The van der Waals surface area contributed by atoms with Crippen LogP contribution in [0.25, 0.3) is 22.2 Å². The first-order valence-corrected chi connectivity index (χ1v) is 9.91. The number of hydrogen-bond acceptors (Lipinski definition) is 6. The third-order valence-corrected chi connectivity index (χ3v) is 5.14. The molecule has 158 valence electrons. The van der Waals surface area contributed by atoms with Crippen molar-refractivity contribution in [2.45, 2.75) is 6.04 Å². The van der Waals surface area contributed by atoms with Crippen molar-refractivity contribution in [3.05, 3.63) is 78.0 Å². The van der Waals surface area contributed by atoms with E-state index in [2.05, 4.69) is 27.0 Å². The second-order valence-electron chi connectivity index (χ2n) is 7.27. The summed E-state index contributed by atoms with van der Waals surface area (Å²) in [7, 11) is 0. The van der Waals surface area contributed by atoms with Crippen LogP contribution >= 0.6 is 0 Å². The van der Waals surface area contributed by atoms with Gasteiger partial charge in [-0.25, -0.2) is 9.37 Å². The molecule has 4 rings (SSSR count). The highest BCUT2D eigenvalue weighted by Crippen LogP contribution is 2.30. The summed E-state index contributed by atoms with van der Waals surface area (Å²) in [5.41, 5.74) is 16.8. The molecule has 1 aliphatic heterocycles. The fourth-order valence-electron chi connectivity index (χ4n) is 3.56. The van der Waals surface area contributed by atoms with Gasteiger partial charge in [0.05, 0.1) is 23.6 Å². The van der Waals surface area contributed by atoms with E-state index in [1.807, 2.05) is 36.6 Å². The van der Waals surface area contributed by atoms with Gasteiger partial charge < -0.3 is 21.8 Å². The quantitative estimate of drug-likeness (QED) is 0.349. The summed E-state index contributed by atoms with van der Waals surface area (Å²) in [6.07, 6.45) is 5.83. The van der Waals surface area contributed by atoms with Gasteiger partial charge in [0.2, 0.25) is 0 Å². The summed E-state index contributed by atoms with van der Waals surface area (Å²) < 4.78 is 13.3. The van der Waals surface area contributed by atoms with Gasteiger partial charge in [-0.05, 0) is 36.7 Å². The molecule has 0 spiro atoms. The molecule has 2 atom stereocenters. The lowest BCUT2D eigenvalue weighted by Crippen LogP contribution is -2.30. The van der Waals surface area contributed by atoms with Gasteiger partial charge in [-0.2, -0.15) is 0 Å². The zero-order valence-corrected chi connectivity index (χ0v) is 16.9. The number of aromatic amines is 1. The molecule has 0 saturated carbocycles. The maximum Gasteiger partial charge on any atom is 0.128 e. The smallest absolute Gasteiger partial charge is 0.128 e. The Kier molecular flexibility index (Phi) is 5.90. The van der Waals surface area contributed by atoms with Gasteiger partial charge in [0.15, 0.2) is 0 Å².